The number of phenolic OH excluding ortho intramolecular Hbond substituents is 1. The first-order valence-electron chi connectivity index (χ1n) is 5.08. The highest BCUT2D eigenvalue weighted by molar-refractivity contribution is 8.15. The zero-order chi connectivity index (χ0) is 13.8. The van der Waals surface area contributed by atoms with Gasteiger partial charge in [-0.05, 0) is 6.07 Å². The summed E-state index contributed by atoms with van der Waals surface area (Å²) in [5.41, 5.74) is -0.229. The zero-order valence-electron chi connectivity index (χ0n) is 9.44. The first-order valence-corrected chi connectivity index (χ1v) is 6.06. The zero-order valence-corrected chi connectivity index (χ0v) is 10.3. The maximum atomic E-state index is 10.9. The van der Waals surface area contributed by atoms with Crippen molar-refractivity contribution < 1.29 is 14.8 Å². The summed E-state index contributed by atoms with van der Waals surface area (Å²) in [7, 11) is 0. The number of nitro groups is 1. The summed E-state index contributed by atoms with van der Waals surface area (Å²) in [5.74, 6) is -0.340. The van der Waals surface area contributed by atoms with Crippen LogP contribution in [0.25, 0.3) is 0 Å². The number of aromatic hydroxyl groups is 1. The maximum absolute atomic E-state index is 10.9. The van der Waals surface area contributed by atoms with E-state index in [0.29, 0.717) is 5.17 Å². The number of thioether (sulfide) groups is 1. The number of benzene rings is 1. The Labute approximate surface area is 111 Å². The molecule has 0 aromatic heterocycles. The number of para-hydroxylation sites is 1. The number of phenols is 1. The first kappa shape index (κ1) is 13.0. The number of nitro benzene ring substituents is 1. The van der Waals surface area contributed by atoms with Crippen LogP contribution < -0.4 is 5.32 Å². The molecule has 1 heterocycles. The molecular formula is C10H8N4O4S. The van der Waals surface area contributed by atoms with Crippen molar-refractivity contribution >= 4 is 34.7 Å². The second-order valence-electron chi connectivity index (χ2n) is 3.46. The lowest BCUT2D eigenvalue weighted by Crippen LogP contribution is -2.19. The van der Waals surface area contributed by atoms with Gasteiger partial charge in [0.2, 0.25) is 11.7 Å². The number of hydrogen-bond donors (Lipinski definition) is 2. The summed E-state index contributed by atoms with van der Waals surface area (Å²) >= 11 is 1.20. The molecule has 0 saturated carbocycles. The van der Waals surface area contributed by atoms with Crippen LogP contribution in [0.1, 0.15) is 5.56 Å². The lowest BCUT2D eigenvalue weighted by atomic mass is 10.2. The molecule has 2 N–H and O–H groups in total. The number of rotatable bonds is 3. The Morgan fingerprint density at radius 1 is 1.53 bits per heavy atom. The number of amides is 1. The van der Waals surface area contributed by atoms with Gasteiger partial charge >= 0.3 is 5.69 Å². The summed E-state index contributed by atoms with van der Waals surface area (Å²) in [6.45, 7) is 0. The molecule has 1 saturated heterocycles. The van der Waals surface area contributed by atoms with Crippen LogP contribution in [0, 0.1) is 10.1 Å². The number of hydrogen-bond acceptors (Lipinski definition) is 7. The minimum absolute atomic E-state index is 0.155. The van der Waals surface area contributed by atoms with Crippen molar-refractivity contribution in [1.29, 1.82) is 0 Å². The van der Waals surface area contributed by atoms with Crippen molar-refractivity contribution in [2.45, 2.75) is 0 Å². The molecule has 1 fully saturated rings. The van der Waals surface area contributed by atoms with Crippen molar-refractivity contribution in [3.63, 3.8) is 0 Å². The van der Waals surface area contributed by atoms with Gasteiger partial charge in [-0.3, -0.25) is 14.9 Å². The number of amidine groups is 1. The van der Waals surface area contributed by atoms with Crippen molar-refractivity contribution in [2.75, 3.05) is 5.75 Å². The number of nitrogens with one attached hydrogen (secondary N) is 1. The van der Waals surface area contributed by atoms with Crippen LogP contribution in [0.15, 0.2) is 28.4 Å². The molecule has 98 valence electrons. The first-order chi connectivity index (χ1) is 9.08. The molecule has 1 aliphatic rings. The fourth-order valence-corrected chi connectivity index (χ4v) is 1.95. The largest absolute Gasteiger partial charge is 0.502 e. The topological polar surface area (TPSA) is 117 Å². The van der Waals surface area contributed by atoms with Gasteiger partial charge < -0.3 is 10.4 Å². The Morgan fingerprint density at radius 3 is 2.95 bits per heavy atom. The summed E-state index contributed by atoms with van der Waals surface area (Å²) < 4.78 is 0. The van der Waals surface area contributed by atoms with E-state index < -0.39 is 16.4 Å². The van der Waals surface area contributed by atoms with Gasteiger partial charge in [-0.15, -0.1) is 5.10 Å². The maximum Gasteiger partial charge on any atom is 0.311 e. The normalized spacial score (nSPS) is 17.1. The molecule has 9 heteroatoms. The minimum atomic E-state index is -0.689. The molecular weight excluding hydrogens is 272 g/mol. The highest BCUT2D eigenvalue weighted by Crippen LogP contribution is 2.27. The van der Waals surface area contributed by atoms with E-state index in [1.807, 2.05) is 0 Å². The van der Waals surface area contributed by atoms with Gasteiger partial charge in [0.25, 0.3) is 0 Å². The average Bonchev–Trinajstić information content (AvgIpc) is 2.77. The molecule has 19 heavy (non-hydrogen) atoms. The molecule has 1 aromatic rings. The molecule has 8 nitrogen and oxygen atoms in total. The second kappa shape index (κ2) is 5.48. The Kier molecular flexibility index (Phi) is 3.76. The van der Waals surface area contributed by atoms with Crippen molar-refractivity contribution in [3.8, 4) is 5.75 Å². The van der Waals surface area contributed by atoms with Crippen molar-refractivity contribution in [1.82, 2.24) is 5.32 Å². The Hall–Kier alpha value is -2.42. The molecule has 1 amide bonds. The smallest absolute Gasteiger partial charge is 0.311 e. The lowest BCUT2D eigenvalue weighted by molar-refractivity contribution is -0.385. The van der Waals surface area contributed by atoms with Gasteiger partial charge in [0.1, 0.15) is 0 Å². The fraction of sp³-hybridized carbons (Fsp3) is 0.100. The van der Waals surface area contributed by atoms with Gasteiger partial charge in [0, 0.05) is 11.6 Å². The minimum Gasteiger partial charge on any atom is -0.502 e. The molecule has 0 spiro atoms. The number of carbonyl (C=O) groups is 1. The van der Waals surface area contributed by atoms with Gasteiger partial charge in [0.15, 0.2) is 5.17 Å². The van der Waals surface area contributed by atoms with Crippen LogP contribution in [0.2, 0.25) is 0 Å². The van der Waals surface area contributed by atoms with E-state index in [0.717, 1.165) is 0 Å². The van der Waals surface area contributed by atoms with Crippen LogP contribution in [0.3, 0.4) is 0 Å². The highest BCUT2D eigenvalue weighted by Gasteiger charge is 2.17. The molecule has 0 radical (unpaired) electrons. The summed E-state index contributed by atoms with van der Waals surface area (Å²) in [5, 5.41) is 30.5. The van der Waals surface area contributed by atoms with E-state index in [2.05, 4.69) is 15.5 Å². The van der Waals surface area contributed by atoms with Crippen LogP contribution in [0.4, 0.5) is 5.69 Å². The Bertz CT molecular complexity index is 599. The molecule has 1 aromatic carbocycles. The predicted octanol–water partition coefficient (Wildman–Crippen LogP) is 0.853. The van der Waals surface area contributed by atoms with Crippen molar-refractivity contribution in [3.05, 3.63) is 33.9 Å². The van der Waals surface area contributed by atoms with Crippen LogP contribution >= 0.6 is 11.8 Å². The van der Waals surface area contributed by atoms with E-state index in [1.54, 1.807) is 0 Å². The summed E-state index contributed by atoms with van der Waals surface area (Å²) in [6.07, 6.45) is 1.18. The molecule has 0 bridgehead atoms. The summed E-state index contributed by atoms with van der Waals surface area (Å²) in [4.78, 5) is 20.8. The van der Waals surface area contributed by atoms with Crippen LogP contribution in [0.5, 0.6) is 5.75 Å². The SMILES string of the molecule is O=C1CS/C(=N/N=C/c2cccc([N+](=O)[O-])c2O)N1. The van der Waals surface area contributed by atoms with Gasteiger partial charge in [-0.2, -0.15) is 5.10 Å². The van der Waals surface area contributed by atoms with E-state index in [4.69, 9.17) is 0 Å². The molecule has 0 aliphatic carbocycles. The van der Waals surface area contributed by atoms with E-state index in [-0.39, 0.29) is 17.2 Å². The quantitative estimate of drug-likeness (QED) is 0.483. The highest BCUT2D eigenvalue weighted by atomic mass is 32.2. The predicted molar refractivity (Wildman–Crippen MR) is 70.4 cm³/mol. The fourth-order valence-electron chi connectivity index (χ4n) is 1.32. The Morgan fingerprint density at radius 2 is 2.32 bits per heavy atom. The average molecular weight is 280 g/mol. The van der Waals surface area contributed by atoms with E-state index in [1.165, 1.54) is 36.2 Å². The lowest BCUT2D eigenvalue weighted by Gasteiger charge is -1.98. The van der Waals surface area contributed by atoms with E-state index >= 15 is 0 Å². The molecule has 0 atom stereocenters. The third kappa shape index (κ3) is 3.07. The van der Waals surface area contributed by atoms with Gasteiger partial charge in [0.05, 0.1) is 16.9 Å². The van der Waals surface area contributed by atoms with Crippen LogP contribution in [-0.4, -0.2) is 33.1 Å². The number of carbonyl (C=O) groups excluding carboxylic acids is 1. The third-order valence-electron chi connectivity index (χ3n) is 2.17. The van der Waals surface area contributed by atoms with Crippen molar-refractivity contribution in [2.24, 2.45) is 10.2 Å². The van der Waals surface area contributed by atoms with Gasteiger partial charge in [-0.25, -0.2) is 0 Å². The van der Waals surface area contributed by atoms with Crippen LogP contribution in [-0.2, 0) is 4.79 Å². The molecule has 1 aliphatic heterocycles. The standard InChI is InChI=1S/C10H8N4O4S/c15-8-5-19-10(12-8)13-11-4-6-2-1-3-7(9(6)16)14(17)18/h1-4,16H,5H2,(H,12,13,15)/b11-4+. The molecule has 2 rings (SSSR count). The monoisotopic (exact) mass is 280 g/mol. The van der Waals surface area contributed by atoms with E-state index in [9.17, 15) is 20.0 Å². The Balaban J connectivity index is 2.17. The van der Waals surface area contributed by atoms with Gasteiger partial charge in [-0.1, -0.05) is 17.8 Å². The summed E-state index contributed by atoms with van der Waals surface area (Å²) in [6, 6.07) is 4.08. The molecule has 0 unspecified atom stereocenters. The number of nitrogens with zero attached hydrogens (tertiary/aromatic N) is 3. The second-order valence-corrected chi connectivity index (χ2v) is 4.42. The third-order valence-corrected chi connectivity index (χ3v) is 3.04.